The lowest BCUT2D eigenvalue weighted by Crippen LogP contribution is -2.41. The summed E-state index contributed by atoms with van der Waals surface area (Å²) in [5.74, 6) is 0. The molecule has 2 rings (SSSR count). The normalized spacial score (nSPS) is 19.4. The standard InChI is InChI=1S/C15H20N2O/c1-2-16-15(18)17-12-6-9-14(17)11-10-13-7-4-3-5-8-13/h3-5,7-8,10-11,14H,2,6,9,12H2,1H3,(H,16,18)/b11-10+. The van der Waals surface area contributed by atoms with E-state index in [9.17, 15) is 4.79 Å². The van der Waals surface area contributed by atoms with Crippen molar-refractivity contribution in [2.75, 3.05) is 13.1 Å². The van der Waals surface area contributed by atoms with Gasteiger partial charge in [0.2, 0.25) is 0 Å². The van der Waals surface area contributed by atoms with E-state index in [0.29, 0.717) is 6.54 Å². The predicted octanol–water partition coefficient (Wildman–Crippen LogP) is 2.89. The van der Waals surface area contributed by atoms with E-state index in [1.54, 1.807) is 0 Å². The highest BCUT2D eigenvalue weighted by molar-refractivity contribution is 5.75. The van der Waals surface area contributed by atoms with Crippen LogP contribution in [0, 0.1) is 0 Å². The minimum absolute atomic E-state index is 0.0534. The van der Waals surface area contributed by atoms with Crippen molar-refractivity contribution >= 4 is 12.1 Å². The molecule has 0 radical (unpaired) electrons. The Morgan fingerprint density at radius 1 is 1.44 bits per heavy atom. The summed E-state index contributed by atoms with van der Waals surface area (Å²) in [6, 6.07) is 10.5. The second kappa shape index (κ2) is 6.24. The average Bonchev–Trinajstić information content (AvgIpc) is 2.86. The summed E-state index contributed by atoms with van der Waals surface area (Å²) >= 11 is 0. The van der Waals surface area contributed by atoms with E-state index in [1.165, 1.54) is 5.56 Å². The molecule has 96 valence electrons. The fourth-order valence-corrected chi connectivity index (χ4v) is 2.28. The Morgan fingerprint density at radius 3 is 2.94 bits per heavy atom. The lowest BCUT2D eigenvalue weighted by Gasteiger charge is -2.22. The Kier molecular flexibility index (Phi) is 4.40. The molecule has 1 N–H and O–H groups in total. The molecule has 0 saturated carbocycles. The molecule has 0 aliphatic carbocycles. The largest absolute Gasteiger partial charge is 0.338 e. The van der Waals surface area contributed by atoms with Crippen molar-refractivity contribution in [2.45, 2.75) is 25.8 Å². The number of urea groups is 1. The van der Waals surface area contributed by atoms with E-state index >= 15 is 0 Å². The van der Waals surface area contributed by atoms with Crippen LogP contribution in [0.5, 0.6) is 0 Å². The van der Waals surface area contributed by atoms with Gasteiger partial charge in [-0.3, -0.25) is 0 Å². The van der Waals surface area contributed by atoms with E-state index in [4.69, 9.17) is 0 Å². The van der Waals surface area contributed by atoms with Gasteiger partial charge in [0.05, 0.1) is 6.04 Å². The van der Waals surface area contributed by atoms with Gasteiger partial charge in [-0.25, -0.2) is 4.79 Å². The van der Waals surface area contributed by atoms with E-state index < -0.39 is 0 Å². The van der Waals surface area contributed by atoms with Crippen molar-refractivity contribution in [3.63, 3.8) is 0 Å². The molecule has 1 heterocycles. The lowest BCUT2D eigenvalue weighted by atomic mass is 10.1. The van der Waals surface area contributed by atoms with Crippen LogP contribution in [0.1, 0.15) is 25.3 Å². The molecular weight excluding hydrogens is 224 g/mol. The number of nitrogens with one attached hydrogen (secondary N) is 1. The van der Waals surface area contributed by atoms with Gasteiger partial charge in [0.25, 0.3) is 0 Å². The van der Waals surface area contributed by atoms with Gasteiger partial charge in [0.15, 0.2) is 0 Å². The van der Waals surface area contributed by atoms with Crippen LogP contribution in [0.3, 0.4) is 0 Å². The third-order valence-electron chi connectivity index (χ3n) is 3.20. The van der Waals surface area contributed by atoms with Gasteiger partial charge in [-0.15, -0.1) is 0 Å². The van der Waals surface area contributed by atoms with E-state index in [1.807, 2.05) is 30.0 Å². The average molecular weight is 244 g/mol. The highest BCUT2D eigenvalue weighted by Crippen LogP contribution is 2.19. The highest BCUT2D eigenvalue weighted by Gasteiger charge is 2.25. The molecule has 1 aromatic rings. The maximum atomic E-state index is 11.8. The van der Waals surface area contributed by atoms with Crippen LogP contribution in [-0.4, -0.2) is 30.1 Å². The number of benzene rings is 1. The van der Waals surface area contributed by atoms with Crippen molar-refractivity contribution in [2.24, 2.45) is 0 Å². The van der Waals surface area contributed by atoms with Gasteiger partial charge < -0.3 is 10.2 Å². The highest BCUT2D eigenvalue weighted by atomic mass is 16.2. The van der Waals surface area contributed by atoms with Crippen LogP contribution < -0.4 is 5.32 Å². The summed E-state index contributed by atoms with van der Waals surface area (Å²) in [6.45, 7) is 3.49. The summed E-state index contributed by atoms with van der Waals surface area (Å²) in [5.41, 5.74) is 1.18. The first-order chi connectivity index (χ1) is 8.81. The van der Waals surface area contributed by atoms with E-state index in [-0.39, 0.29) is 12.1 Å². The second-order valence-corrected chi connectivity index (χ2v) is 4.51. The monoisotopic (exact) mass is 244 g/mol. The fourth-order valence-electron chi connectivity index (χ4n) is 2.28. The van der Waals surface area contributed by atoms with Crippen LogP contribution in [0.25, 0.3) is 6.08 Å². The van der Waals surface area contributed by atoms with Crippen molar-refractivity contribution < 1.29 is 4.79 Å². The smallest absolute Gasteiger partial charge is 0.317 e. The summed E-state index contributed by atoms with van der Waals surface area (Å²) in [4.78, 5) is 13.8. The van der Waals surface area contributed by atoms with Gasteiger partial charge in [-0.2, -0.15) is 0 Å². The van der Waals surface area contributed by atoms with Crippen molar-refractivity contribution in [1.29, 1.82) is 0 Å². The number of amides is 2. The zero-order valence-corrected chi connectivity index (χ0v) is 10.8. The van der Waals surface area contributed by atoms with Crippen molar-refractivity contribution in [3.8, 4) is 0 Å². The number of nitrogens with zero attached hydrogens (tertiary/aromatic N) is 1. The third-order valence-corrected chi connectivity index (χ3v) is 3.20. The SMILES string of the molecule is CCNC(=O)N1CCCC1/C=C/c1ccccc1. The Balaban J connectivity index is 2.00. The maximum absolute atomic E-state index is 11.8. The fraction of sp³-hybridized carbons (Fsp3) is 0.400. The summed E-state index contributed by atoms with van der Waals surface area (Å²) < 4.78 is 0. The van der Waals surface area contributed by atoms with E-state index in [2.05, 4.69) is 29.6 Å². The van der Waals surface area contributed by atoms with Gasteiger partial charge in [0, 0.05) is 13.1 Å². The molecule has 1 fully saturated rings. The number of carbonyl (C=O) groups is 1. The lowest BCUT2D eigenvalue weighted by molar-refractivity contribution is 0.201. The molecule has 2 amide bonds. The summed E-state index contributed by atoms with van der Waals surface area (Å²) in [5, 5.41) is 2.87. The second-order valence-electron chi connectivity index (χ2n) is 4.51. The number of hydrogen-bond acceptors (Lipinski definition) is 1. The molecule has 1 unspecified atom stereocenters. The van der Waals surface area contributed by atoms with Gasteiger partial charge in [-0.05, 0) is 25.3 Å². The molecule has 0 bridgehead atoms. The minimum Gasteiger partial charge on any atom is -0.338 e. The molecule has 0 spiro atoms. The molecule has 1 aliphatic heterocycles. The van der Waals surface area contributed by atoms with Gasteiger partial charge >= 0.3 is 6.03 Å². The molecule has 0 aromatic heterocycles. The van der Waals surface area contributed by atoms with Gasteiger partial charge in [-0.1, -0.05) is 42.5 Å². The molecular formula is C15H20N2O. The van der Waals surface area contributed by atoms with Crippen molar-refractivity contribution in [1.82, 2.24) is 10.2 Å². The van der Waals surface area contributed by atoms with Crippen LogP contribution in [0.2, 0.25) is 0 Å². The number of carbonyl (C=O) groups excluding carboxylic acids is 1. The summed E-state index contributed by atoms with van der Waals surface area (Å²) in [7, 11) is 0. The Hall–Kier alpha value is -1.77. The number of rotatable bonds is 3. The van der Waals surface area contributed by atoms with Crippen LogP contribution >= 0.6 is 0 Å². The molecule has 1 aromatic carbocycles. The maximum Gasteiger partial charge on any atom is 0.317 e. The topological polar surface area (TPSA) is 32.3 Å². The minimum atomic E-state index is 0.0534. The molecule has 3 heteroatoms. The Morgan fingerprint density at radius 2 is 2.22 bits per heavy atom. The molecule has 1 atom stereocenters. The number of likely N-dealkylation sites (tertiary alicyclic amines) is 1. The van der Waals surface area contributed by atoms with Crippen LogP contribution in [-0.2, 0) is 0 Å². The van der Waals surface area contributed by atoms with Crippen LogP contribution in [0.15, 0.2) is 36.4 Å². The quantitative estimate of drug-likeness (QED) is 0.871. The first kappa shape index (κ1) is 12.7. The first-order valence-electron chi connectivity index (χ1n) is 6.59. The molecule has 3 nitrogen and oxygen atoms in total. The zero-order valence-electron chi connectivity index (χ0n) is 10.8. The Bertz CT molecular complexity index is 414. The zero-order chi connectivity index (χ0) is 12.8. The molecule has 18 heavy (non-hydrogen) atoms. The van der Waals surface area contributed by atoms with Gasteiger partial charge in [0.1, 0.15) is 0 Å². The van der Waals surface area contributed by atoms with E-state index in [0.717, 1.165) is 19.4 Å². The summed E-state index contributed by atoms with van der Waals surface area (Å²) in [6.07, 6.45) is 6.38. The first-order valence-corrected chi connectivity index (χ1v) is 6.59. The van der Waals surface area contributed by atoms with Crippen LogP contribution in [0.4, 0.5) is 4.79 Å². The predicted molar refractivity (Wildman–Crippen MR) is 74.3 cm³/mol. The van der Waals surface area contributed by atoms with Crippen molar-refractivity contribution in [3.05, 3.63) is 42.0 Å². The molecule has 1 aliphatic rings. The third kappa shape index (κ3) is 3.13. The Labute approximate surface area is 108 Å². The molecule has 1 saturated heterocycles. The number of hydrogen-bond donors (Lipinski definition) is 1.